The van der Waals surface area contributed by atoms with E-state index in [0.717, 1.165) is 144 Å². The first-order valence-electron chi connectivity index (χ1n) is 30.4. The van der Waals surface area contributed by atoms with Crippen molar-refractivity contribution >= 4 is 98.3 Å². The number of hydrogen-bond acceptors (Lipinski definition) is 7. The van der Waals surface area contributed by atoms with Crippen LogP contribution in [0.3, 0.4) is 0 Å². The zero-order valence-corrected chi connectivity index (χ0v) is 48.8. The van der Waals surface area contributed by atoms with E-state index in [1.165, 1.54) is 21.8 Å². The second-order valence-electron chi connectivity index (χ2n) is 22.9. The Morgan fingerprint density at radius 1 is 0.242 bits per heavy atom. The fourth-order valence-electron chi connectivity index (χ4n) is 13.5. The third-order valence-electron chi connectivity index (χ3n) is 17.7. The first-order chi connectivity index (χ1) is 45.1. The lowest BCUT2D eigenvalue weighted by molar-refractivity contribution is 1.16. The van der Waals surface area contributed by atoms with Gasteiger partial charge in [0.25, 0.3) is 0 Å². The molecule has 0 bridgehead atoms. The van der Waals surface area contributed by atoms with Crippen LogP contribution in [-0.4, -0.2) is 48.3 Å². The molecule has 9 aromatic heterocycles. The normalized spacial score (nSPS) is 11.7. The van der Waals surface area contributed by atoms with Gasteiger partial charge in [-0.25, -0.2) is 19.9 Å². The Balaban J connectivity index is 0.000000135. The lowest BCUT2D eigenvalue weighted by Gasteiger charge is -2.12. The van der Waals surface area contributed by atoms with Gasteiger partial charge in [-0.1, -0.05) is 170 Å². The van der Waals surface area contributed by atoms with Crippen molar-refractivity contribution in [3.8, 4) is 73.4 Å². The maximum Gasteiger partial charge on any atom is 0.160 e. The van der Waals surface area contributed by atoms with Crippen LogP contribution in [-0.2, 0) is 0 Å². The van der Waals surface area contributed by atoms with Gasteiger partial charge >= 0.3 is 0 Å². The van der Waals surface area contributed by atoms with Gasteiger partial charge in [0.1, 0.15) is 11.3 Å². The quantitative estimate of drug-likeness (QED) is 0.146. The van der Waals surface area contributed by atoms with Crippen molar-refractivity contribution in [2.75, 3.05) is 0 Å². The number of aromatic nitrogens is 10. The molecular weight excluding hydrogens is 1110 g/mol. The summed E-state index contributed by atoms with van der Waals surface area (Å²) < 4.78 is 6.72. The molecule has 0 spiro atoms. The van der Waals surface area contributed by atoms with Gasteiger partial charge in [-0.15, -0.1) is 0 Å². The third-order valence-corrected chi connectivity index (χ3v) is 17.7. The van der Waals surface area contributed by atoms with Crippen molar-refractivity contribution in [3.05, 3.63) is 304 Å². The second kappa shape index (κ2) is 21.1. The summed E-state index contributed by atoms with van der Waals surface area (Å²) >= 11 is 0. The van der Waals surface area contributed by atoms with E-state index in [4.69, 9.17) is 24.9 Å². The molecule has 424 valence electrons. The van der Waals surface area contributed by atoms with Gasteiger partial charge in [0.05, 0.1) is 61.6 Å². The summed E-state index contributed by atoms with van der Waals surface area (Å²) in [6, 6.07) is 95.0. The summed E-state index contributed by atoms with van der Waals surface area (Å²) in [5.74, 6) is 0.685. The molecule has 0 aliphatic heterocycles. The van der Waals surface area contributed by atoms with E-state index in [0.29, 0.717) is 5.82 Å². The van der Waals surface area contributed by atoms with Crippen molar-refractivity contribution in [1.82, 2.24) is 48.3 Å². The van der Waals surface area contributed by atoms with Crippen LogP contribution in [0.25, 0.3) is 172 Å². The van der Waals surface area contributed by atoms with Gasteiger partial charge in [-0.2, -0.15) is 0 Å². The Hall–Kier alpha value is -12.5. The number of fused-ring (bicyclic) bond motifs is 19. The number of benzene rings is 10. The van der Waals surface area contributed by atoms with Gasteiger partial charge < -0.3 is 4.57 Å². The summed E-state index contributed by atoms with van der Waals surface area (Å²) in [4.78, 5) is 34.6. The summed E-state index contributed by atoms with van der Waals surface area (Å²) in [6.45, 7) is 0. The van der Waals surface area contributed by atoms with Crippen molar-refractivity contribution in [2.45, 2.75) is 0 Å². The van der Waals surface area contributed by atoms with Crippen molar-refractivity contribution < 1.29 is 0 Å². The molecule has 10 nitrogen and oxygen atoms in total. The molecule has 0 saturated heterocycles. The van der Waals surface area contributed by atoms with E-state index in [9.17, 15) is 0 Å². The van der Waals surface area contributed by atoms with E-state index in [1.807, 2.05) is 97.5 Å². The summed E-state index contributed by atoms with van der Waals surface area (Å²) in [5, 5.41) is 11.5. The molecule has 0 fully saturated rings. The number of hydrogen-bond donors (Lipinski definition) is 0. The second-order valence-corrected chi connectivity index (χ2v) is 22.9. The molecule has 0 atom stereocenters. The molecule has 0 aliphatic rings. The zero-order chi connectivity index (χ0) is 59.9. The lowest BCUT2D eigenvalue weighted by atomic mass is 9.95. The number of pyridine rings is 5. The van der Waals surface area contributed by atoms with Gasteiger partial charge in [0.2, 0.25) is 0 Å². The highest BCUT2D eigenvalue weighted by Gasteiger charge is 2.21. The van der Waals surface area contributed by atoms with E-state index in [2.05, 4.69) is 230 Å². The van der Waals surface area contributed by atoms with Crippen LogP contribution in [0, 0.1) is 0 Å². The summed E-state index contributed by atoms with van der Waals surface area (Å²) in [7, 11) is 0. The Kier molecular flexibility index (Phi) is 12.0. The van der Waals surface area contributed by atoms with Crippen LogP contribution in [0.1, 0.15) is 0 Å². The van der Waals surface area contributed by atoms with E-state index < -0.39 is 0 Å². The largest absolute Gasteiger partial charge is 0.309 e. The Labute approximate surface area is 521 Å². The Morgan fingerprint density at radius 2 is 0.670 bits per heavy atom. The molecule has 19 aromatic rings. The van der Waals surface area contributed by atoms with Crippen LogP contribution < -0.4 is 0 Å². The third kappa shape index (κ3) is 8.68. The molecule has 10 aromatic carbocycles. The fraction of sp³-hybridized carbons (Fsp3) is 0. The number of para-hydroxylation sites is 2. The first-order valence-corrected chi connectivity index (χ1v) is 30.4. The predicted octanol–water partition coefficient (Wildman–Crippen LogP) is 19.7. The average molecular weight is 1160 g/mol. The number of rotatable bonds is 7. The van der Waals surface area contributed by atoms with Gasteiger partial charge in [-0.3, -0.25) is 23.8 Å². The number of imidazole rings is 2. The zero-order valence-electron chi connectivity index (χ0n) is 48.8. The smallest absolute Gasteiger partial charge is 0.160 e. The van der Waals surface area contributed by atoms with Crippen molar-refractivity contribution in [3.63, 3.8) is 0 Å². The summed E-state index contributed by atoms with van der Waals surface area (Å²) in [6.07, 6.45) is 9.79. The molecule has 0 radical (unpaired) electrons. The van der Waals surface area contributed by atoms with E-state index in [-0.39, 0.29) is 0 Å². The van der Waals surface area contributed by atoms with Crippen LogP contribution in [0.15, 0.2) is 304 Å². The summed E-state index contributed by atoms with van der Waals surface area (Å²) in [5.41, 5.74) is 20.3. The highest BCUT2D eigenvalue weighted by molar-refractivity contribution is 6.26. The Bertz CT molecular complexity index is 5970. The SMILES string of the molecule is c1ccc(-c2cc(-c3ccccc3)nc(-c3ccc4c(c3)c3cc(-c5ccccn5)ccc3c3nc5ccccn5c43)n2)cc1.c1ccc(-c2ccc3c(c2)c2cc(-c4cc(-n5c6ccccc6c6ccccc65)ccn4)ccc2c2c3nc3ccccn32)nc1. The maximum atomic E-state index is 5.12. The molecule has 0 N–H and O–H groups in total. The predicted molar refractivity (Wildman–Crippen MR) is 371 cm³/mol. The minimum Gasteiger partial charge on any atom is -0.309 e. The van der Waals surface area contributed by atoms with Crippen molar-refractivity contribution in [2.24, 2.45) is 0 Å². The van der Waals surface area contributed by atoms with Gasteiger partial charge in [0.15, 0.2) is 5.82 Å². The van der Waals surface area contributed by atoms with Crippen molar-refractivity contribution in [1.29, 1.82) is 0 Å². The molecule has 10 heteroatoms. The molecule has 19 rings (SSSR count). The Morgan fingerprint density at radius 3 is 1.19 bits per heavy atom. The fourth-order valence-corrected chi connectivity index (χ4v) is 13.5. The standard InChI is InChI=1S/C41H25N5.C40H25N5/c1-3-12-37-29(9-1)30-10-2-4-13-38(30)46(37)28-19-21-43-36(25-28)27-16-18-32-34(24-27)33-23-26(35-11-5-7-20-42-35)15-17-31(33)40-41(32)45-22-8-6-14-39(45)44-40;1-3-11-26(12-4-1)35-25-36(27-13-5-2-6-14-27)43-40(42-35)29-18-20-31-33(24-29)32-23-28(34-15-7-9-21-41-34)17-19-30(32)38-39(31)45-22-10-8-16-37(45)44-38/h1-25H;1-25H. The maximum absolute atomic E-state index is 5.12. The van der Waals surface area contributed by atoms with Crippen LogP contribution in [0.2, 0.25) is 0 Å². The molecule has 0 saturated carbocycles. The molecule has 0 amide bonds. The first kappa shape index (κ1) is 51.7. The average Bonchev–Trinajstić information content (AvgIpc) is 1.82. The molecule has 9 heterocycles. The lowest BCUT2D eigenvalue weighted by Crippen LogP contribution is -1.96. The minimum atomic E-state index is 0.685. The van der Waals surface area contributed by atoms with E-state index >= 15 is 0 Å². The minimum absolute atomic E-state index is 0.685. The van der Waals surface area contributed by atoms with Gasteiger partial charge in [-0.05, 0) is 125 Å². The number of nitrogens with zero attached hydrogens (tertiary/aromatic N) is 10. The van der Waals surface area contributed by atoms with Crippen LogP contribution in [0.5, 0.6) is 0 Å². The monoisotopic (exact) mass is 1160 g/mol. The van der Waals surface area contributed by atoms with Gasteiger partial charge in [0, 0.05) is 102 Å². The molecule has 0 unspecified atom stereocenters. The van der Waals surface area contributed by atoms with Crippen LogP contribution in [0.4, 0.5) is 0 Å². The highest BCUT2D eigenvalue weighted by atomic mass is 15.0. The van der Waals surface area contributed by atoms with E-state index in [1.54, 1.807) is 0 Å². The molecular formula is C81H50N10. The van der Waals surface area contributed by atoms with Crippen LogP contribution >= 0.6 is 0 Å². The topological polar surface area (TPSA) is 104 Å². The molecule has 0 aliphatic carbocycles. The highest BCUT2D eigenvalue weighted by Crippen LogP contribution is 2.42. The molecule has 91 heavy (non-hydrogen) atoms.